The number of carbonyl (C=O) groups excluding carboxylic acids is 1. The Balaban J connectivity index is 0.900. The number of hydrogen-bond donors (Lipinski definition) is 2. The second-order valence-corrected chi connectivity index (χ2v) is 16.9. The van der Waals surface area contributed by atoms with Crippen LogP contribution in [-0.2, 0) is 21.9 Å². The van der Waals surface area contributed by atoms with Gasteiger partial charge in [0.25, 0.3) is 0 Å². The fourth-order valence-electron chi connectivity index (χ4n) is 7.68. The van der Waals surface area contributed by atoms with Crippen LogP contribution in [0.4, 0.5) is 21.8 Å². The number of halogens is 1. The Morgan fingerprint density at radius 3 is 2.73 bits per heavy atom. The summed E-state index contributed by atoms with van der Waals surface area (Å²) >= 11 is 0. The zero-order valence-corrected chi connectivity index (χ0v) is 32.6. The van der Waals surface area contributed by atoms with Gasteiger partial charge in [0.2, 0.25) is 21.6 Å². The van der Waals surface area contributed by atoms with Gasteiger partial charge in [-0.2, -0.15) is 24.0 Å². The number of ether oxygens (including phenoxy) is 1. The second-order valence-electron chi connectivity index (χ2n) is 14.9. The molecule has 1 unspecified atom stereocenters. The van der Waals surface area contributed by atoms with Gasteiger partial charge in [0.15, 0.2) is 11.6 Å². The van der Waals surface area contributed by atoms with E-state index in [2.05, 4.69) is 53.7 Å². The van der Waals surface area contributed by atoms with E-state index in [0.29, 0.717) is 54.6 Å². The molecule has 2 aromatic carbocycles. The van der Waals surface area contributed by atoms with Crippen molar-refractivity contribution in [2.75, 3.05) is 56.5 Å². The van der Waals surface area contributed by atoms with E-state index in [1.165, 1.54) is 32.8 Å². The lowest BCUT2D eigenvalue weighted by molar-refractivity contribution is -0.107. The van der Waals surface area contributed by atoms with Crippen molar-refractivity contribution in [3.63, 3.8) is 0 Å². The zero-order valence-electron chi connectivity index (χ0n) is 31.8. The molecule has 0 aliphatic carbocycles. The van der Waals surface area contributed by atoms with Crippen LogP contribution in [0.25, 0.3) is 27.8 Å². The third-order valence-electron chi connectivity index (χ3n) is 10.5. The van der Waals surface area contributed by atoms with Crippen LogP contribution in [0.3, 0.4) is 0 Å². The number of fused-ring (bicyclic) bond motifs is 2. The molecule has 0 radical (unpaired) electrons. The highest BCUT2D eigenvalue weighted by Gasteiger charge is 2.35. The fraction of sp³-hybridized carbons (Fsp3) is 0.421. The lowest BCUT2D eigenvalue weighted by Gasteiger charge is -2.43. The summed E-state index contributed by atoms with van der Waals surface area (Å²) in [6.07, 6.45) is 7.66. The van der Waals surface area contributed by atoms with Gasteiger partial charge in [-0.1, -0.05) is 6.07 Å². The van der Waals surface area contributed by atoms with Gasteiger partial charge in [0, 0.05) is 82.8 Å². The number of anilines is 3. The average Bonchev–Trinajstić information content (AvgIpc) is 3.92. The standard InChI is InChI=1S/C38H45FN12O4S/c1-24(2)55-35-34(27-17-41-42-18-27)40-23-51-37(35)44-38(46-51)43-32-11-9-29(16-31(32)39)56(53,54)50-13-5-7-25(20-50)19-49-21-28(22-49)26-8-10-30-33(15-26)48(4)45-36(30)47(3)12-6-14-52/h8-11,14-18,23-25,28H,5-7,12-13,19-22H2,1-4H3,(H,41,42)(H,43,46). The molecule has 8 rings (SSSR count). The number of aromatic amines is 1. The third-order valence-corrected chi connectivity index (χ3v) is 12.4. The van der Waals surface area contributed by atoms with E-state index in [9.17, 15) is 13.2 Å². The van der Waals surface area contributed by atoms with Crippen LogP contribution in [0, 0.1) is 11.7 Å². The fourth-order valence-corrected chi connectivity index (χ4v) is 9.25. The summed E-state index contributed by atoms with van der Waals surface area (Å²) in [5, 5.41) is 19.8. The molecule has 4 aromatic heterocycles. The van der Waals surface area contributed by atoms with E-state index >= 15 is 4.39 Å². The van der Waals surface area contributed by atoms with Crippen LogP contribution < -0.4 is 15.0 Å². The van der Waals surface area contributed by atoms with Crippen LogP contribution in [0.2, 0.25) is 0 Å². The van der Waals surface area contributed by atoms with Crippen molar-refractivity contribution in [3.8, 4) is 17.0 Å². The van der Waals surface area contributed by atoms with Crippen molar-refractivity contribution >= 4 is 50.3 Å². The van der Waals surface area contributed by atoms with Crippen LogP contribution in [0.15, 0.2) is 60.0 Å². The summed E-state index contributed by atoms with van der Waals surface area (Å²) in [6, 6.07) is 10.4. The summed E-state index contributed by atoms with van der Waals surface area (Å²) in [5.41, 5.74) is 3.95. The number of aromatic nitrogens is 8. The minimum atomic E-state index is -3.93. The van der Waals surface area contributed by atoms with Gasteiger partial charge in [0.05, 0.1) is 28.4 Å². The van der Waals surface area contributed by atoms with E-state index in [1.54, 1.807) is 12.4 Å². The highest BCUT2D eigenvalue weighted by molar-refractivity contribution is 7.89. The average molecular weight is 785 g/mol. The number of aldehydes is 1. The predicted molar refractivity (Wildman–Crippen MR) is 209 cm³/mol. The Labute approximate surface area is 323 Å². The monoisotopic (exact) mass is 784 g/mol. The number of aryl methyl sites for hydroxylation is 1. The Bertz CT molecular complexity index is 2480. The number of nitrogens with one attached hydrogen (secondary N) is 2. The van der Waals surface area contributed by atoms with E-state index in [1.807, 2.05) is 37.5 Å². The molecule has 16 nitrogen and oxygen atoms in total. The van der Waals surface area contributed by atoms with Crippen molar-refractivity contribution in [2.45, 2.75) is 50.0 Å². The van der Waals surface area contributed by atoms with Crippen molar-refractivity contribution in [2.24, 2.45) is 13.0 Å². The molecule has 0 spiro atoms. The first kappa shape index (κ1) is 37.5. The normalized spacial score (nSPS) is 17.1. The molecule has 18 heteroatoms. The number of H-pyrrole nitrogens is 1. The maximum atomic E-state index is 15.6. The molecule has 294 valence electrons. The maximum Gasteiger partial charge on any atom is 0.247 e. The summed E-state index contributed by atoms with van der Waals surface area (Å²) in [5.74, 6) is 1.16. The molecule has 0 amide bonds. The van der Waals surface area contributed by atoms with Crippen LogP contribution in [0.5, 0.6) is 5.75 Å². The largest absolute Gasteiger partial charge is 0.485 e. The Hall–Kier alpha value is -5.46. The summed E-state index contributed by atoms with van der Waals surface area (Å²) in [7, 11) is -0.0430. The van der Waals surface area contributed by atoms with Gasteiger partial charge in [-0.15, -0.1) is 5.10 Å². The Morgan fingerprint density at radius 1 is 1.14 bits per heavy atom. The number of rotatable bonds is 14. The number of nitrogens with zero attached hydrogens (tertiary/aromatic N) is 10. The molecule has 0 bridgehead atoms. The van der Waals surface area contributed by atoms with Crippen molar-refractivity contribution in [1.82, 2.24) is 48.8 Å². The Morgan fingerprint density at radius 2 is 1.98 bits per heavy atom. The van der Waals surface area contributed by atoms with Crippen molar-refractivity contribution in [1.29, 1.82) is 0 Å². The summed E-state index contributed by atoms with van der Waals surface area (Å²) in [6.45, 7) is 7.75. The molecule has 2 aliphatic rings. The van der Waals surface area contributed by atoms with Crippen molar-refractivity contribution < 1.29 is 22.3 Å². The molecule has 56 heavy (non-hydrogen) atoms. The smallest absolute Gasteiger partial charge is 0.247 e. The molecule has 1 atom stereocenters. The quantitative estimate of drug-likeness (QED) is 0.147. The summed E-state index contributed by atoms with van der Waals surface area (Å²) < 4.78 is 54.1. The predicted octanol–water partition coefficient (Wildman–Crippen LogP) is 4.60. The maximum absolute atomic E-state index is 15.6. The van der Waals surface area contributed by atoms with Crippen LogP contribution in [0.1, 0.15) is 44.6 Å². The van der Waals surface area contributed by atoms with Crippen LogP contribution in [-0.4, -0.2) is 116 Å². The molecule has 2 N–H and O–H groups in total. The molecule has 2 fully saturated rings. The zero-order chi connectivity index (χ0) is 39.1. The van der Waals surface area contributed by atoms with Crippen LogP contribution >= 0.6 is 0 Å². The first-order chi connectivity index (χ1) is 27.0. The molecule has 2 saturated heterocycles. The number of sulfonamides is 1. The lowest BCUT2D eigenvalue weighted by Crippen LogP contribution is -2.50. The van der Waals surface area contributed by atoms with Gasteiger partial charge in [0.1, 0.15) is 24.1 Å². The van der Waals surface area contributed by atoms with Crippen molar-refractivity contribution in [3.05, 3.63) is 66.5 Å². The minimum absolute atomic E-state index is 0.0305. The van der Waals surface area contributed by atoms with Gasteiger partial charge >= 0.3 is 0 Å². The molecular formula is C38H45FN12O4S. The van der Waals surface area contributed by atoms with Gasteiger partial charge < -0.3 is 24.6 Å². The highest BCUT2D eigenvalue weighted by atomic mass is 32.2. The topological polar surface area (TPSA) is 172 Å². The number of likely N-dealkylation sites (tertiary alicyclic amines) is 1. The first-order valence-electron chi connectivity index (χ1n) is 18.8. The molecular weight excluding hydrogens is 740 g/mol. The van der Waals surface area contributed by atoms with Gasteiger partial charge in [-0.05, 0) is 68.5 Å². The van der Waals surface area contributed by atoms with E-state index < -0.39 is 15.8 Å². The molecule has 0 saturated carbocycles. The lowest BCUT2D eigenvalue weighted by atomic mass is 9.89. The van der Waals surface area contributed by atoms with E-state index in [-0.39, 0.29) is 28.6 Å². The van der Waals surface area contributed by atoms with Gasteiger partial charge in [-0.3, -0.25) is 9.78 Å². The number of carbonyl (C=O) groups is 1. The van der Waals surface area contributed by atoms with Gasteiger partial charge in [-0.25, -0.2) is 17.8 Å². The minimum Gasteiger partial charge on any atom is -0.485 e. The number of benzene rings is 2. The Kier molecular flexibility index (Phi) is 10.2. The SMILES string of the molecule is CC(C)Oc1c(-c2cn[nH]c2)ncn2nc(Nc3ccc(S(=O)(=O)N4CCCC(CN5CC(c6ccc7c(N(C)CCC=O)nn(C)c7c6)C5)C4)cc3F)nc12. The number of piperidine rings is 1. The molecule has 6 aromatic rings. The molecule has 6 heterocycles. The second kappa shape index (κ2) is 15.2. The summed E-state index contributed by atoms with van der Waals surface area (Å²) in [4.78, 5) is 24.2. The van der Waals surface area contributed by atoms with E-state index in [0.717, 1.165) is 61.5 Å². The highest BCUT2D eigenvalue weighted by Crippen LogP contribution is 2.35. The first-order valence-corrected chi connectivity index (χ1v) is 20.2. The number of hydrogen-bond acceptors (Lipinski definition) is 12. The van der Waals surface area contributed by atoms with E-state index in [4.69, 9.17) is 9.84 Å². The molecule has 2 aliphatic heterocycles. The third kappa shape index (κ3) is 7.31.